The predicted octanol–water partition coefficient (Wildman–Crippen LogP) is 16.6. The van der Waals surface area contributed by atoms with Crippen LogP contribution in [0.25, 0.3) is 66.1 Å². The Morgan fingerprint density at radius 2 is 1.14 bits per heavy atom. The molecule has 0 fully saturated rings. The van der Waals surface area contributed by atoms with Crippen LogP contribution < -0.4 is 30.6 Å². The summed E-state index contributed by atoms with van der Waals surface area (Å²) in [6.45, 7) is 14.1. The smallest absolute Gasteiger partial charge is 0.198 e. The Labute approximate surface area is 413 Å². The summed E-state index contributed by atoms with van der Waals surface area (Å²) in [6, 6.07) is 58.3. The van der Waals surface area contributed by atoms with Gasteiger partial charge in [-0.3, -0.25) is 0 Å². The molecule has 4 heterocycles. The van der Waals surface area contributed by atoms with Gasteiger partial charge in [0.05, 0.1) is 5.69 Å². The molecule has 11 aromatic rings. The fourth-order valence-corrected chi connectivity index (χ4v) is 11.9. The van der Waals surface area contributed by atoms with Crippen LogP contribution in [0.15, 0.2) is 173 Å². The zero-order valence-electron chi connectivity index (χ0n) is 40.8. The fourth-order valence-electron chi connectivity index (χ4n) is 11.9. The van der Waals surface area contributed by atoms with Crippen molar-refractivity contribution in [1.82, 2.24) is 0 Å². The molecule has 2 aliphatic heterocycles. The molecule has 0 unspecified atom stereocenters. The van der Waals surface area contributed by atoms with Gasteiger partial charge < -0.3 is 28.5 Å². The number of nitrogens with one attached hydrogen (secondary N) is 1. The number of ether oxygens (including phenoxy) is 2. The predicted molar refractivity (Wildman–Crippen MR) is 294 cm³/mol. The van der Waals surface area contributed by atoms with Gasteiger partial charge >= 0.3 is 0 Å². The molecule has 0 radical (unpaired) electrons. The number of anilines is 5. The summed E-state index contributed by atoms with van der Waals surface area (Å²) < 4.78 is 27.3. The molecule has 0 atom stereocenters. The molecule has 0 saturated carbocycles. The molecule has 0 amide bonds. The fraction of sp³-hybridized carbons (Fsp3) is 0.156. The minimum Gasteiger partial charge on any atom is -0.456 e. The highest BCUT2D eigenvalue weighted by Crippen LogP contribution is 2.54. The van der Waals surface area contributed by atoms with E-state index in [2.05, 4.69) is 185 Å². The molecule has 0 spiro atoms. The summed E-state index contributed by atoms with van der Waals surface area (Å²) in [5.41, 5.74) is 20.4. The van der Waals surface area contributed by atoms with E-state index in [9.17, 15) is 0 Å². The first-order valence-electron chi connectivity index (χ1n) is 24.9. The van der Waals surface area contributed by atoms with Crippen molar-refractivity contribution in [1.29, 1.82) is 0 Å². The van der Waals surface area contributed by atoms with Crippen LogP contribution in [0.4, 0.5) is 28.4 Å². The van der Waals surface area contributed by atoms with E-state index in [0.717, 1.165) is 118 Å². The van der Waals surface area contributed by atoms with E-state index in [1.54, 1.807) is 0 Å². The van der Waals surface area contributed by atoms with E-state index in [0.29, 0.717) is 30.3 Å². The number of nitrogens with zero attached hydrogens (tertiary/aromatic N) is 1. The zero-order valence-corrected chi connectivity index (χ0v) is 40.8. The van der Waals surface area contributed by atoms with Crippen LogP contribution in [0.2, 0.25) is 0 Å². The van der Waals surface area contributed by atoms with Crippen LogP contribution in [0, 0.1) is 13.8 Å². The van der Waals surface area contributed by atoms with Crippen LogP contribution in [0.3, 0.4) is 0 Å². The molecule has 2 aromatic heterocycles. The van der Waals surface area contributed by atoms with Crippen LogP contribution in [-0.4, -0.2) is 7.28 Å². The molecule has 71 heavy (non-hydrogen) atoms. The standard InChI is InChI=1S/C64H51BN2O4/c1-36-24-25-48(41(28-36)38-16-8-7-9-17-38)66-49-34-57-42(39-18-10-12-20-53(39)68-57)30-44(49)60-61-52(31-43-40-19-11-13-21-54(40)71-62(43)60)67(50-32-46-45(29-37(50)2)63(3,4)26-27-64(46,5)6)51-35-59-58(33-47(51)65-61)69-55-22-14-15-23-56(55)70-59/h7-25,28-35,65-66H,26-27H2,1-6H3. The topological polar surface area (TPSA) is 60.0 Å². The summed E-state index contributed by atoms with van der Waals surface area (Å²) in [5, 5.41) is 8.24. The average molecular weight is 923 g/mol. The zero-order chi connectivity index (χ0) is 47.9. The Balaban J connectivity index is 1.09. The molecule has 1 N–H and O–H groups in total. The number of hydrogen-bond acceptors (Lipinski definition) is 6. The van der Waals surface area contributed by atoms with Gasteiger partial charge in [-0.15, -0.1) is 0 Å². The van der Waals surface area contributed by atoms with Gasteiger partial charge in [0.25, 0.3) is 0 Å². The van der Waals surface area contributed by atoms with Crippen molar-refractivity contribution < 1.29 is 18.3 Å². The number of hydrogen-bond donors (Lipinski definition) is 1. The van der Waals surface area contributed by atoms with Gasteiger partial charge in [0.1, 0.15) is 22.3 Å². The Morgan fingerprint density at radius 3 is 1.89 bits per heavy atom. The normalized spacial score (nSPS) is 15.0. The van der Waals surface area contributed by atoms with Gasteiger partial charge in [-0.1, -0.05) is 130 Å². The van der Waals surface area contributed by atoms with Gasteiger partial charge in [-0.25, -0.2) is 0 Å². The lowest BCUT2D eigenvalue weighted by molar-refractivity contribution is 0.332. The van der Waals surface area contributed by atoms with Crippen molar-refractivity contribution in [3.63, 3.8) is 0 Å². The lowest BCUT2D eigenvalue weighted by atomic mass is 9.57. The summed E-state index contributed by atoms with van der Waals surface area (Å²) in [5.74, 6) is 2.80. The lowest BCUT2D eigenvalue weighted by Crippen LogP contribution is -2.41. The molecule has 3 aliphatic rings. The molecule has 344 valence electrons. The van der Waals surface area contributed by atoms with Crippen molar-refractivity contribution in [2.75, 3.05) is 10.2 Å². The van der Waals surface area contributed by atoms with E-state index in [1.165, 1.54) is 22.3 Å². The maximum atomic E-state index is 7.19. The maximum absolute atomic E-state index is 7.19. The third kappa shape index (κ3) is 6.48. The van der Waals surface area contributed by atoms with Crippen molar-refractivity contribution in [2.24, 2.45) is 0 Å². The van der Waals surface area contributed by atoms with E-state index >= 15 is 0 Å². The molecule has 9 aromatic carbocycles. The van der Waals surface area contributed by atoms with Gasteiger partial charge in [0, 0.05) is 73.1 Å². The van der Waals surface area contributed by atoms with Crippen LogP contribution >= 0.6 is 0 Å². The number of rotatable bonds is 5. The summed E-state index contributed by atoms with van der Waals surface area (Å²) in [6.07, 6.45) is 2.25. The second-order valence-electron chi connectivity index (χ2n) is 21.3. The van der Waals surface area contributed by atoms with Crippen molar-refractivity contribution >= 4 is 90.5 Å². The molecule has 0 bridgehead atoms. The van der Waals surface area contributed by atoms with Crippen LogP contribution in [0.5, 0.6) is 23.0 Å². The lowest BCUT2D eigenvalue weighted by Gasteiger charge is -2.44. The first kappa shape index (κ1) is 41.8. The molecule has 0 saturated heterocycles. The minimum atomic E-state index is -0.0148. The van der Waals surface area contributed by atoms with E-state index < -0.39 is 0 Å². The highest BCUT2D eigenvalue weighted by molar-refractivity contribution is 6.74. The molecule has 6 nitrogen and oxygen atoms in total. The van der Waals surface area contributed by atoms with E-state index in [-0.39, 0.29) is 10.8 Å². The monoisotopic (exact) mass is 922 g/mol. The Bertz CT molecular complexity index is 4050. The second kappa shape index (κ2) is 15.2. The summed E-state index contributed by atoms with van der Waals surface area (Å²) >= 11 is 0. The van der Waals surface area contributed by atoms with Gasteiger partial charge in [-0.2, -0.15) is 0 Å². The molecule has 1 aliphatic carbocycles. The first-order chi connectivity index (χ1) is 34.5. The summed E-state index contributed by atoms with van der Waals surface area (Å²) in [7, 11) is 0.605. The summed E-state index contributed by atoms with van der Waals surface area (Å²) in [4.78, 5) is 2.52. The maximum Gasteiger partial charge on any atom is 0.198 e. The van der Waals surface area contributed by atoms with Crippen molar-refractivity contribution in [3.8, 4) is 45.3 Å². The second-order valence-corrected chi connectivity index (χ2v) is 21.3. The van der Waals surface area contributed by atoms with Crippen molar-refractivity contribution in [3.05, 3.63) is 186 Å². The Hall–Kier alpha value is -8.16. The van der Waals surface area contributed by atoms with Crippen molar-refractivity contribution in [2.45, 2.75) is 65.2 Å². The third-order valence-corrected chi connectivity index (χ3v) is 15.8. The van der Waals surface area contributed by atoms with Crippen LogP contribution in [0.1, 0.15) is 62.8 Å². The van der Waals surface area contributed by atoms with Gasteiger partial charge in [-0.05, 0) is 126 Å². The van der Waals surface area contributed by atoms with Gasteiger partial charge in [0.2, 0.25) is 0 Å². The average Bonchev–Trinajstić information content (AvgIpc) is 3.93. The SMILES string of the molecule is Cc1ccc(Nc2cc3oc4ccccc4c3cc2-c2c3c(cc4c2oc2ccccc24)N(c2cc4c(cc2C)C(C)(C)CCC4(C)C)c2cc4c(cc2B3)Oc2ccccc2O4)c(-c2ccccc2)c1. The Kier molecular flexibility index (Phi) is 8.93. The highest BCUT2D eigenvalue weighted by atomic mass is 16.6. The molecule has 14 rings (SSSR count). The Morgan fingerprint density at radius 1 is 0.493 bits per heavy atom. The minimum absolute atomic E-state index is 0.0148. The largest absolute Gasteiger partial charge is 0.456 e. The van der Waals surface area contributed by atoms with E-state index in [1.807, 2.05) is 30.3 Å². The van der Waals surface area contributed by atoms with Gasteiger partial charge in [0.15, 0.2) is 30.3 Å². The van der Waals surface area contributed by atoms with Crippen LogP contribution in [-0.2, 0) is 10.8 Å². The molecular weight excluding hydrogens is 872 g/mol. The van der Waals surface area contributed by atoms with E-state index in [4.69, 9.17) is 18.3 Å². The molecule has 7 heteroatoms. The highest BCUT2D eigenvalue weighted by Gasteiger charge is 2.40. The quantitative estimate of drug-likeness (QED) is 0.174. The number of furan rings is 2. The third-order valence-electron chi connectivity index (χ3n) is 15.8. The number of fused-ring (bicyclic) bond motifs is 11. The number of benzene rings is 9. The number of para-hydroxylation sites is 4. The first-order valence-corrected chi connectivity index (χ1v) is 24.9. The number of aryl methyl sites for hydroxylation is 2. The molecular formula is C64H51BN2O4.